The zero-order valence-corrected chi connectivity index (χ0v) is 12.2. The lowest BCUT2D eigenvalue weighted by Crippen LogP contribution is -2.45. The summed E-state index contributed by atoms with van der Waals surface area (Å²) in [7, 11) is 0. The van der Waals surface area contributed by atoms with E-state index in [0.717, 1.165) is 45.8 Å². The molecular weight excluding hydrogens is 276 g/mol. The molecule has 2 heterocycles. The van der Waals surface area contributed by atoms with Crippen molar-refractivity contribution in [1.82, 2.24) is 20.9 Å². The summed E-state index contributed by atoms with van der Waals surface area (Å²) in [6, 6.07) is 0. The lowest BCUT2D eigenvalue weighted by molar-refractivity contribution is -0.139. The summed E-state index contributed by atoms with van der Waals surface area (Å²) >= 11 is 0. The lowest BCUT2D eigenvalue weighted by atomic mass is 10.3. The van der Waals surface area contributed by atoms with Gasteiger partial charge in [-0.1, -0.05) is 0 Å². The molecule has 3 N–H and O–H groups in total. The Morgan fingerprint density at radius 3 is 2.62 bits per heavy atom. The van der Waals surface area contributed by atoms with Crippen LogP contribution in [0.4, 0.5) is 0 Å². The van der Waals surface area contributed by atoms with Gasteiger partial charge in [-0.2, -0.15) is 0 Å². The predicted octanol–water partition coefficient (Wildman–Crippen LogP) is -2.11. The summed E-state index contributed by atoms with van der Waals surface area (Å²) < 4.78 is 10.5. The Morgan fingerprint density at radius 1 is 1.14 bits per heavy atom. The maximum Gasteiger partial charge on any atom is 0.309 e. The van der Waals surface area contributed by atoms with Gasteiger partial charge in [-0.05, 0) is 13.0 Å². The summed E-state index contributed by atoms with van der Waals surface area (Å²) in [6.45, 7) is 6.53. The van der Waals surface area contributed by atoms with Crippen LogP contribution >= 0.6 is 0 Å². The van der Waals surface area contributed by atoms with Gasteiger partial charge >= 0.3 is 11.8 Å². The number of ether oxygens (including phenoxy) is 2. The van der Waals surface area contributed by atoms with Crippen molar-refractivity contribution >= 4 is 11.8 Å². The van der Waals surface area contributed by atoms with Crippen molar-refractivity contribution in [3.8, 4) is 0 Å². The second-order valence-corrected chi connectivity index (χ2v) is 5.09. The van der Waals surface area contributed by atoms with Gasteiger partial charge in [0.05, 0.1) is 26.4 Å². The van der Waals surface area contributed by atoms with Gasteiger partial charge < -0.3 is 20.1 Å². The number of carbonyl (C=O) groups is 2. The van der Waals surface area contributed by atoms with Crippen molar-refractivity contribution in [1.29, 1.82) is 0 Å². The van der Waals surface area contributed by atoms with Crippen molar-refractivity contribution in [2.75, 3.05) is 59.1 Å². The molecule has 0 saturated carbocycles. The van der Waals surface area contributed by atoms with E-state index in [-0.39, 0.29) is 6.23 Å². The minimum atomic E-state index is -0.612. The quantitative estimate of drug-likeness (QED) is 0.384. The highest BCUT2D eigenvalue weighted by Gasteiger charge is 2.18. The van der Waals surface area contributed by atoms with Crippen LogP contribution in [0.15, 0.2) is 0 Å². The Bertz CT molecular complexity index is 341. The van der Waals surface area contributed by atoms with Crippen LogP contribution in [0.3, 0.4) is 0 Å². The molecule has 0 aliphatic carbocycles. The molecule has 0 radical (unpaired) electrons. The molecule has 2 amide bonds. The van der Waals surface area contributed by atoms with Crippen LogP contribution in [-0.4, -0.2) is 82.0 Å². The summed E-state index contributed by atoms with van der Waals surface area (Å²) in [6.07, 6.45) is 0.634. The van der Waals surface area contributed by atoms with Crippen LogP contribution in [0.5, 0.6) is 0 Å². The van der Waals surface area contributed by atoms with Gasteiger partial charge in [0.2, 0.25) is 0 Å². The molecule has 0 spiro atoms. The van der Waals surface area contributed by atoms with E-state index in [1.807, 2.05) is 0 Å². The predicted molar refractivity (Wildman–Crippen MR) is 75.6 cm³/mol. The second kappa shape index (κ2) is 8.93. The maximum absolute atomic E-state index is 11.6. The van der Waals surface area contributed by atoms with Gasteiger partial charge in [0, 0.05) is 26.2 Å². The SMILES string of the molecule is O=C(NCCCN1CCOCC1)C(=O)NC[C@H]1NCCO1. The number of carbonyl (C=O) groups excluding carboxylic acids is 2. The molecule has 2 fully saturated rings. The number of hydrogen-bond acceptors (Lipinski definition) is 6. The molecule has 2 rings (SSSR count). The van der Waals surface area contributed by atoms with E-state index in [2.05, 4.69) is 20.9 Å². The number of hydrogen-bond donors (Lipinski definition) is 3. The van der Waals surface area contributed by atoms with Crippen LogP contribution in [-0.2, 0) is 19.1 Å². The fraction of sp³-hybridized carbons (Fsp3) is 0.846. The standard InChI is InChI=1S/C13H24N4O4/c18-12(13(19)16-10-11-14-3-7-21-11)15-2-1-4-17-5-8-20-9-6-17/h11,14H,1-10H2,(H,15,18)(H,16,19)/t11-/m0/s1. The molecule has 0 aromatic heterocycles. The molecule has 1 atom stereocenters. The highest BCUT2D eigenvalue weighted by molar-refractivity contribution is 6.35. The topological polar surface area (TPSA) is 91.9 Å². The molecule has 0 aromatic rings. The summed E-state index contributed by atoms with van der Waals surface area (Å²) in [4.78, 5) is 25.4. The van der Waals surface area contributed by atoms with Crippen molar-refractivity contribution < 1.29 is 19.1 Å². The molecule has 0 bridgehead atoms. The smallest absolute Gasteiger partial charge is 0.309 e. The lowest BCUT2D eigenvalue weighted by Gasteiger charge is -2.26. The Hall–Kier alpha value is -1.22. The van der Waals surface area contributed by atoms with E-state index in [0.29, 0.717) is 19.7 Å². The average Bonchev–Trinajstić information content (AvgIpc) is 3.03. The Labute approximate surface area is 124 Å². The van der Waals surface area contributed by atoms with Crippen molar-refractivity contribution in [2.45, 2.75) is 12.6 Å². The van der Waals surface area contributed by atoms with Gasteiger partial charge in [-0.25, -0.2) is 0 Å². The first-order valence-electron chi connectivity index (χ1n) is 7.47. The van der Waals surface area contributed by atoms with Crippen molar-refractivity contribution in [3.63, 3.8) is 0 Å². The Balaban J connectivity index is 1.50. The van der Waals surface area contributed by atoms with E-state index in [1.165, 1.54) is 0 Å². The fourth-order valence-corrected chi connectivity index (χ4v) is 2.29. The Kier molecular flexibility index (Phi) is 6.87. The van der Waals surface area contributed by atoms with E-state index in [9.17, 15) is 9.59 Å². The molecule has 2 aliphatic heterocycles. The fourth-order valence-electron chi connectivity index (χ4n) is 2.29. The first kappa shape index (κ1) is 16.2. The normalized spacial score (nSPS) is 23.0. The van der Waals surface area contributed by atoms with Crippen LogP contribution in [0.2, 0.25) is 0 Å². The molecule has 21 heavy (non-hydrogen) atoms. The average molecular weight is 300 g/mol. The summed E-state index contributed by atoms with van der Waals surface area (Å²) in [5, 5.41) is 8.23. The number of nitrogens with one attached hydrogen (secondary N) is 3. The van der Waals surface area contributed by atoms with Crippen LogP contribution in [0.1, 0.15) is 6.42 Å². The molecule has 8 nitrogen and oxygen atoms in total. The van der Waals surface area contributed by atoms with E-state index >= 15 is 0 Å². The monoisotopic (exact) mass is 300 g/mol. The molecule has 0 aromatic carbocycles. The largest absolute Gasteiger partial charge is 0.379 e. The minimum Gasteiger partial charge on any atom is -0.379 e. The molecule has 8 heteroatoms. The third-order valence-corrected chi connectivity index (χ3v) is 3.49. The third-order valence-electron chi connectivity index (χ3n) is 3.49. The maximum atomic E-state index is 11.6. The van der Waals surface area contributed by atoms with E-state index in [1.54, 1.807) is 0 Å². The number of nitrogens with zero attached hydrogens (tertiary/aromatic N) is 1. The van der Waals surface area contributed by atoms with Gasteiger partial charge in [-0.3, -0.25) is 19.8 Å². The van der Waals surface area contributed by atoms with Crippen LogP contribution in [0, 0.1) is 0 Å². The van der Waals surface area contributed by atoms with Crippen molar-refractivity contribution in [3.05, 3.63) is 0 Å². The summed E-state index contributed by atoms with van der Waals surface area (Å²) in [5.41, 5.74) is 0. The van der Waals surface area contributed by atoms with Gasteiger partial charge in [-0.15, -0.1) is 0 Å². The molecule has 2 saturated heterocycles. The Morgan fingerprint density at radius 2 is 1.90 bits per heavy atom. The van der Waals surface area contributed by atoms with Gasteiger partial charge in [0.25, 0.3) is 0 Å². The molecule has 120 valence electrons. The van der Waals surface area contributed by atoms with Crippen LogP contribution in [0.25, 0.3) is 0 Å². The molecule has 2 aliphatic rings. The number of rotatable bonds is 6. The summed E-state index contributed by atoms with van der Waals surface area (Å²) in [5.74, 6) is -1.20. The molecular formula is C13H24N4O4. The zero-order chi connectivity index (χ0) is 14.9. The highest BCUT2D eigenvalue weighted by atomic mass is 16.5. The first-order valence-corrected chi connectivity index (χ1v) is 7.47. The van der Waals surface area contributed by atoms with Crippen molar-refractivity contribution in [2.24, 2.45) is 0 Å². The third kappa shape index (κ3) is 5.96. The first-order chi connectivity index (χ1) is 10.3. The van der Waals surface area contributed by atoms with E-state index in [4.69, 9.17) is 9.47 Å². The highest BCUT2D eigenvalue weighted by Crippen LogP contribution is 1.97. The number of morpholine rings is 1. The van der Waals surface area contributed by atoms with Gasteiger partial charge in [0.1, 0.15) is 6.23 Å². The van der Waals surface area contributed by atoms with Crippen LogP contribution < -0.4 is 16.0 Å². The number of amides is 2. The second-order valence-electron chi connectivity index (χ2n) is 5.09. The zero-order valence-electron chi connectivity index (χ0n) is 12.2. The minimum absolute atomic E-state index is 0.192. The van der Waals surface area contributed by atoms with Gasteiger partial charge in [0.15, 0.2) is 0 Å². The molecule has 0 unspecified atom stereocenters. The van der Waals surface area contributed by atoms with E-state index < -0.39 is 11.8 Å².